The minimum Gasteiger partial charge on any atom is -0.352 e. The summed E-state index contributed by atoms with van der Waals surface area (Å²) >= 11 is 5.63. The molecule has 0 fully saturated rings. The fraction of sp³-hybridized carbons (Fsp3) is 0.174. The van der Waals surface area contributed by atoms with Crippen molar-refractivity contribution in [2.45, 2.75) is 26.8 Å². The highest BCUT2D eigenvalue weighted by atomic mass is 32.1. The maximum absolute atomic E-state index is 5.63. The zero-order chi connectivity index (χ0) is 18.5. The third-order valence-electron chi connectivity index (χ3n) is 4.43. The number of hydrogen-bond donors (Lipinski definition) is 2. The van der Waals surface area contributed by atoms with E-state index in [-0.39, 0.29) is 6.04 Å². The Bertz CT molecular complexity index is 903. The minimum atomic E-state index is 0.00113. The number of hydrogen-bond acceptors (Lipinski definition) is 1. The predicted molar refractivity (Wildman–Crippen MR) is 115 cm³/mol. The summed E-state index contributed by atoms with van der Waals surface area (Å²) < 4.78 is 0. The Hall–Kier alpha value is -2.65. The molecular formula is C23H24N2S. The molecule has 3 rings (SSSR count). The second-order valence-electron chi connectivity index (χ2n) is 6.67. The monoisotopic (exact) mass is 360 g/mol. The van der Waals surface area contributed by atoms with Crippen LogP contribution in [0.3, 0.4) is 0 Å². The van der Waals surface area contributed by atoms with Crippen LogP contribution in [-0.4, -0.2) is 5.11 Å². The summed E-state index contributed by atoms with van der Waals surface area (Å²) in [5.74, 6) is 0. The second kappa shape index (κ2) is 8.15. The Morgan fingerprint density at radius 2 is 1.46 bits per heavy atom. The minimum absolute atomic E-state index is 0.00113. The van der Waals surface area contributed by atoms with E-state index in [1.807, 2.05) is 6.07 Å². The molecule has 0 aliphatic carbocycles. The molecule has 132 valence electrons. The third-order valence-corrected chi connectivity index (χ3v) is 4.64. The molecule has 0 unspecified atom stereocenters. The quantitative estimate of drug-likeness (QED) is 0.585. The lowest BCUT2D eigenvalue weighted by Crippen LogP contribution is -2.33. The molecule has 1 atom stereocenters. The molecule has 0 heterocycles. The predicted octanol–water partition coefficient (Wildman–Crippen LogP) is 5.69. The van der Waals surface area contributed by atoms with E-state index in [9.17, 15) is 0 Å². The number of aryl methyl sites for hydroxylation is 3. The molecule has 0 spiro atoms. The second-order valence-corrected chi connectivity index (χ2v) is 7.08. The van der Waals surface area contributed by atoms with Crippen molar-refractivity contribution in [3.63, 3.8) is 0 Å². The van der Waals surface area contributed by atoms with Gasteiger partial charge in [0.1, 0.15) is 0 Å². The summed E-state index contributed by atoms with van der Waals surface area (Å²) in [7, 11) is 0. The summed E-state index contributed by atoms with van der Waals surface area (Å²) in [6.07, 6.45) is 0. The van der Waals surface area contributed by atoms with Crippen LogP contribution in [0.15, 0.2) is 72.8 Å². The van der Waals surface area contributed by atoms with Crippen molar-refractivity contribution >= 4 is 23.0 Å². The normalized spacial score (nSPS) is 11.7. The summed E-state index contributed by atoms with van der Waals surface area (Å²) in [4.78, 5) is 0. The summed E-state index contributed by atoms with van der Waals surface area (Å²) in [5.41, 5.74) is 7.03. The van der Waals surface area contributed by atoms with Crippen LogP contribution in [0.1, 0.15) is 33.9 Å². The summed E-state index contributed by atoms with van der Waals surface area (Å²) in [6.45, 7) is 6.28. The molecule has 0 saturated heterocycles. The van der Waals surface area contributed by atoms with Gasteiger partial charge in [0.25, 0.3) is 0 Å². The molecule has 3 heteroatoms. The van der Waals surface area contributed by atoms with Gasteiger partial charge < -0.3 is 10.6 Å². The van der Waals surface area contributed by atoms with E-state index in [0.29, 0.717) is 5.11 Å². The molecule has 0 saturated carbocycles. The van der Waals surface area contributed by atoms with Crippen LogP contribution < -0.4 is 10.6 Å². The lowest BCUT2D eigenvalue weighted by Gasteiger charge is -2.23. The first-order valence-electron chi connectivity index (χ1n) is 8.79. The first kappa shape index (κ1) is 18.2. The van der Waals surface area contributed by atoms with Crippen molar-refractivity contribution in [3.05, 3.63) is 101 Å². The first-order valence-corrected chi connectivity index (χ1v) is 9.20. The van der Waals surface area contributed by atoms with E-state index in [2.05, 4.69) is 98.1 Å². The van der Waals surface area contributed by atoms with Crippen molar-refractivity contribution in [2.24, 2.45) is 0 Å². The number of nitrogens with one attached hydrogen (secondary N) is 2. The van der Waals surface area contributed by atoms with Crippen LogP contribution in [0.25, 0.3) is 0 Å². The van der Waals surface area contributed by atoms with E-state index in [1.165, 1.54) is 27.8 Å². The van der Waals surface area contributed by atoms with Crippen LogP contribution in [0.5, 0.6) is 0 Å². The molecule has 0 radical (unpaired) electrons. The summed E-state index contributed by atoms with van der Waals surface area (Å²) in [5, 5.41) is 7.47. The molecule has 0 amide bonds. The molecule has 0 bridgehead atoms. The van der Waals surface area contributed by atoms with Gasteiger partial charge in [-0.1, -0.05) is 72.3 Å². The number of benzene rings is 3. The van der Waals surface area contributed by atoms with Crippen molar-refractivity contribution in [1.82, 2.24) is 5.32 Å². The molecule has 3 aromatic rings. The maximum Gasteiger partial charge on any atom is 0.171 e. The summed E-state index contributed by atoms with van der Waals surface area (Å²) in [6, 6.07) is 25.3. The average molecular weight is 361 g/mol. The van der Waals surface area contributed by atoms with Crippen molar-refractivity contribution in [3.8, 4) is 0 Å². The Morgan fingerprint density at radius 3 is 2.19 bits per heavy atom. The zero-order valence-electron chi connectivity index (χ0n) is 15.4. The first-order chi connectivity index (χ1) is 12.5. The largest absolute Gasteiger partial charge is 0.352 e. The third kappa shape index (κ3) is 4.50. The van der Waals surface area contributed by atoms with Gasteiger partial charge in [0, 0.05) is 5.69 Å². The van der Waals surface area contributed by atoms with Gasteiger partial charge in [-0.05, 0) is 61.3 Å². The van der Waals surface area contributed by atoms with Crippen molar-refractivity contribution in [2.75, 3.05) is 5.32 Å². The van der Waals surface area contributed by atoms with Crippen LogP contribution in [0, 0.1) is 20.8 Å². The fourth-order valence-corrected chi connectivity index (χ4v) is 3.24. The molecule has 0 aromatic heterocycles. The highest BCUT2D eigenvalue weighted by Crippen LogP contribution is 2.23. The van der Waals surface area contributed by atoms with Gasteiger partial charge in [0.2, 0.25) is 0 Å². The van der Waals surface area contributed by atoms with E-state index in [1.54, 1.807) is 0 Å². The Balaban J connectivity index is 1.86. The maximum atomic E-state index is 5.63. The van der Waals surface area contributed by atoms with Crippen molar-refractivity contribution < 1.29 is 0 Å². The highest BCUT2D eigenvalue weighted by Gasteiger charge is 2.15. The Labute approximate surface area is 161 Å². The van der Waals surface area contributed by atoms with Gasteiger partial charge in [-0.25, -0.2) is 0 Å². The van der Waals surface area contributed by atoms with Gasteiger partial charge >= 0.3 is 0 Å². The average Bonchev–Trinajstić information content (AvgIpc) is 2.63. The number of rotatable bonds is 4. The van der Waals surface area contributed by atoms with E-state index < -0.39 is 0 Å². The molecule has 2 N–H and O–H groups in total. The number of thiocarbonyl (C=S) groups is 1. The van der Waals surface area contributed by atoms with Gasteiger partial charge in [0.15, 0.2) is 5.11 Å². The Morgan fingerprint density at radius 1 is 0.769 bits per heavy atom. The molecular weight excluding hydrogens is 336 g/mol. The SMILES string of the molecule is Cc1cccc([C@@H](NC(=S)Nc2cc(C)ccc2C)c2ccccc2)c1. The fourth-order valence-electron chi connectivity index (χ4n) is 3.01. The van der Waals surface area contributed by atoms with Crippen LogP contribution in [0.4, 0.5) is 5.69 Å². The topological polar surface area (TPSA) is 24.1 Å². The van der Waals surface area contributed by atoms with Gasteiger partial charge in [-0.15, -0.1) is 0 Å². The van der Waals surface area contributed by atoms with E-state index in [0.717, 1.165) is 5.69 Å². The highest BCUT2D eigenvalue weighted by molar-refractivity contribution is 7.80. The Kier molecular flexibility index (Phi) is 5.69. The van der Waals surface area contributed by atoms with Gasteiger partial charge in [0.05, 0.1) is 6.04 Å². The van der Waals surface area contributed by atoms with Crippen molar-refractivity contribution in [1.29, 1.82) is 0 Å². The smallest absolute Gasteiger partial charge is 0.171 e. The van der Waals surface area contributed by atoms with Gasteiger partial charge in [-0.3, -0.25) is 0 Å². The standard InChI is InChI=1S/C23H24N2S/c1-16-8-7-11-20(14-16)22(19-9-5-4-6-10-19)25-23(26)24-21-15-17(2)12-13-18(21)3/h4-15,22H,1-3H3,(H2,24,25,26)/t22-/m0/s1. The lowest BCUT2D eigenvalue weighted by atomic mass is 9.97. The van der Waals surface area contributed by atoms with Gasteiger partial charge in [-0.2, -0.15) is 0 Å². The molecule has 0 aliphatic heterocycles. The lowest BCUT2D eigenvalue weighted by molar-refractivity contribution is 0.767. The van der Waals surface area contributed by atoms with Crippen LogP contribution >= 0.6 is 12.2 Å². The van der Waals surface area contributed by atoms with Crippen LogP contribution in [-0.2, 0) is 0 Å². The van der Waals surface area contributed by atoms with E-state index in [4.69, 9.17) is 12.2 Å². The number of anilines is 1. The molecule has 2 nitrogen and oxygen atoms in total. The molecule has 26 heavy (non-hydrogen) atoms. The van der Waals surface area contributed by atoms with Crippen LogP contribution in [0.2, 0.25) is 0 Å². The molecule has 0 aliphatic rings. The zero-order valence-corrected chi connectivity index (χ0v) is 16.2. The van der Waals surface area contributed by atoms with E-state index >= 15 is 0 Å². The molecule has 3 aromatic carbocycles.